The van der Waals surface area contributed by atoms with Gasteiger partial charge in [-0.2, -0.15) is 0 Å². The van der Waals surface area contributed by atoms with Crippen molar-refractivity contribution in [1.82, 2.24) is 0 Å². The van der Waals surface area contributed by atoms with E-state index in [0.717, 1.165) is 18.1 Å². The summed E-state index contributed by atoms with van der Waals surface area (Å²) in [5.74, 6) is 0. The van der Waals surface area contributed by atoms with E-state index in [0.29, 0.717) is 13.2 Å². The van der Waals surface area contributed by atoms with E-state index >= 15 is 0 Å². The summed E-state index contributed by atoms with van der Waals surface area (Å²) in [5.41, 5.74) is 6.76. The topological polar surface area (TPSA) is 55.8 Å². The molecule has 0 saturated heterocycles. The summed E-state index contributed by atoms with van der Waals surface area (Å²) in [6.07, 6.45) is 22.6. The Bertz CT molecular complexity index is 413. The van der Waals surface area contributed by atoms with Gasteiger partial charge in [0.25, 0.3) is 0 Å². The molecule has 0 spiro atoms. The third-order valence-corrected chi connectivity index (χ3v) is 9.73. The molecular weight excluding hydrogens is 458 g/mol. The average molecular weight is 512 g/mol. The maximum absolute atomic E-state index is 11.8. The molecule has 0 aromatic rings. The quantitative estimate of drug-likeness (QED) is 0.0844. The van der Waals surface area contributed by atoms with Crippen molar-refractivity contribution in [2.24, 2.45) is 0 Å². The molecular formula is C24H53AsO4P. The van der Waals surface area contributed by atoms with Crippen molar-refractivity contribution in [3.63, 3.8) is 0 Å². The molecule has 1 atom stereocenters. The third kappa shape index (κ3) is 24.9. The predicted octanol–water partition coefficient (Wildman–Crippen LogP) is 9.11. The molecule has 0 aromatic carbocycles. The van der Waals surface area contributed by atoms with Crippen molar-refractivity contribution in [3.8, 4) is 0 Å². The molecule has 6 heteroatoms. The van der Waals surface area contributed by atoms with Crippen molar-refractivity contribution in [1.29, 1.82) is 0 Å². The van der Waals surface area contributed by atoms with Gasteiger partial charge in [0.2, 0.25) is 0 Å². The number of rotatable bonds is 23. The van der Waals surface area contributed by atoms with Gasteiger partial charge in [-0.25, -0.2) is 0 Å². The van der Waals surface area contributed by atoms with E-state index in [9.17, 15) is 9.46 Å². The Balaban J connectivity index is 3.26. The van der Waals surface area contributed by atoms with Crippen LogP contribution in [0.5, 0.6) is 0 Å². The van der Waals surface area contributed by atoms with E-state index in [1.54, 1.807) is 0 Å². The van der Waals surface area contributed by atoms with Gasteiger partial charge in [-0.15, -0.1) is 0 Å². The second kappa shape index (κ2) is 20.3. The number of phosphoric ester groups is 1. The van der Waals surface area contributed by atoms with Crippen LogP contribution in [0.3, 0.4) is 0 Å². The standard InChI is InChI=1S/C24H53AsO4P/c1-5-6-7-8-9-10-11-12-13-14-15-16-17-18-19-20-21-23-28-30(26,27)29-24-22-25(2,3)4/h5-24H2,1-4H3,(H,26,27). The fourth-order valence-electron chi connectivity index (χ4n) is 3.47. The van der Waals surface area contributed by atoms with Crippen LogP contribution in [-0.2, 0) is 13.6 Å². The van der Waals surface area contributed by atoms with Crippen LogP contribution >= 0.6 is 7.82 Å². The Labute approximate surface area is 191 Å². The van der Waals surface area contributed by atoms with Crippen LogP contribution < -0.4 is 0 Å². The summed E-state index contributed by atoms with van der Waals surface area (Å²) in [7, 11) is -3.84. The van der Waals surface area contributed by atoms with Gasteiger partial charge in [-0.1, -0.05) is 77.6 Å². The molecule has 30 heavy (non-hydrogen) atoms. The minimum absolute atomic E-state index is 0.321. The number of phosphoric acid groups is 1. The molecule has 0 saturated carbocycles. The monoisotopic (exact) mass is 511 g/mol. The second-order valence-electron chi connectivity index (χ2n) is 9.81. The summed E-state index contributed by atoms with van der Waals surface area (Å²) in [6.45, 7) is 2.94. The molecule has 0 fully saturated rings. The van der Waals surface area contributed by atoms with Gasteiger partial charge in [-0.3, -0.25) is 0 Å². The molecule has 0 aliphatic rings. The van der Waals surface area contributed by atoms with E-state index in [2.05, 4.69) is 24.1 Å². The van der Waals surface area contributed by atoms with Crippen molar-refractivity contribution >= 4 is 21.4 Å². The van der Waals surface area contributed by atoms with Crippen LogP contribution in [-0.4, -0.2) is 31.7 Å². The van der Waals surface area contributed by atoms with Crippen LogP contribution in [0.2, 0.25) is 22.3 Å². The molecule has 0 heterocycles. The van der Waals surface area contributed by atoms with E-state index in [-0.39, 0.29) is 0 Å². The minimum atomic E-state index is -3.84. The van der Waals surface area contributed by atoms with Gasteiger partial charge in [0.05, 0.1) is 0 Å². The van der Waals surface area contributed by atoms with Crippen molar-refractivity contribution in [2.75, 3.05) is 13.2 Å². The molecule has 0 aliphatic carbocycles. The van der Waals surface area contributed by atoms with Gasteiger partial charge >= 0.3 is 114 Å². The zero-order valence-electron chi connectivity index (χ0n) is 20.7. The first-order valence-electron chi connectivity index (χ1n) is 12.7. The van der Waals surface area contributed by atoms with Crippen LogP contribution in [0, 0.1) is 0 Å². The van der Waals surface area contributed by atoms with Gasteiger partial charge in [0, 0.05) is 0 Å². The summed E-state index contributed by atoms with van der Waals surface area (Å²) < 4.78 is 21.9. The van der Waals surface area contributed by atoms with E-state index < -0.39 is 21.4 Å². The molecule has 4 nitrogen and oxygen atoms in total. The normalized spacial score (nSPS) is 14.2. The fourth-order valence-corrected chi connectivity index (χ4v) is 5.88. The Morgan fingerprint density at radius 3 is 1.30 bits per heavy atom. The first kappa shape index (κ1) is 30.7. The molecule has 183 valence electrons. The van der Waals surface area contributed by atoms with Crippen molar-refractivity contribution in [2.45, 2.75) is 138 Å². The van der Waals surface area contributed by atoms with Gasteiger partial charge < -0.3 is 0 Å². The van der Waals surface area contributed by atoms with Crippen molar-refractivity contribution < 1.29 is 18.5 Å². The first-order valence-corrected chi connectivity index (χ1v) is 21.1. The van der Waals surface area contributed by atoms with Gasteiger partial charge in [0.15, 0.2) is 0 Å². The molecule has 1 unspecified atom stereocenters. The zero-order valence-corrected chi connectivity index (χ0v) is 23.5. The Hall–Kier alpha value is 0.668. The molecule has 0 aliphatic heterocycles. The van der Waals surface area contributed by atoms with E-state index in [1.807, 2.05) is 0 Å². The summed E-state index contributed by atoms with van der Waals surface area (Å²) in [6, 6.07) is 0. The average Bonchev–Trinajstić information content (AvgIpc) is 2.65. The first-order chi connectivity index (χ1) is 14.3. The molecule has 1 N–H and O–H groups in total. The maximum atomic E-state index is 11.8. The Kier molecular flexibility index (Phi) is 20.7. The van der Waals surface area contributed by atoms with Crippen LogP contribution in [0.25, 0.3) is 0 Å². The number of unbranched alkanes of at least 4 members (excludes halogenated alkanes) is 16. The van der Waals surface area contributed by atoms with Crippen LogP contribution in [0.1, 0.15) is 116 Å². The number of hydrogen-bond acceptors (Lipinski definition) is 3. The van der Waals surface area contributed by atoms with E-state index in [4.69, 9.17) is 9.05 Å². The van der Waals surface area contributed by atoms with E-state index in [1.165, 1.54) is 96.3 Å². The molecule has 0 bridgehead atoms. The second-order valence-corrected chi connectivity index (χ2v) is 21.8. The Morgan fingerprint density at radius 2 is 0.933 bits per heavy atom. The summed E-state index contributed by atoms with van der Waals surface area (Å²) in [5, 5.41) is 0.908. The zero-order chi connectivity index (χ0) is 22.6. The fraction of sp³-hybridized carbons (Fsp3) is 1.00. The number of hydrogen-bond donors (Lipinski definition) is 1. The summed E-state index contributed by atoms with van der Waals surface area (Å²) in [4.78, 5) is 9.68. The molecule has 0 rings (SSSR count). The predicted molar refractivity (Wildman–Crippen MR) is 134 cm³/mol. The van der Waals surface area contributed by atoms with Crippen LogP contribution in [0.15, 0.2) is 0 Å². The van der Waals surface area contributed by atoms with Crippen molar-refractivity contribution in [3.05, 3.63) is 0 Å². The third-order valence-electron chi connectivity index (χ3n) is 5.52. The van der Waals surface area contributed by atoms with Crippen LogP contribution in [0.4, 0.5) is 0 Å². The molecule has 1 radical (unpaired) electrons. The van der Waals surface area contributed by atoms with Gasteiger partial charge in [-0.05, 0) is 0 Å². The SMILES string of the molecule is CCCCCCCCCCCCCCCCCCCOP(=O)(O)OCC[As](C)(C)C. The summed E-state index contributed by atoms with van der Waals surface area (Å²) >= 11 is -1.57. The Morgan fingerprint density at radius 1 is 0.600 bits per heavy atom. The van der Waals surface area contributed by atoms with Gasteiger partial charge in [0.1, 0.15) is 0 Å². The molecule has 0 aromatic heterocycles. The molecule has 0 amide bonds.